The molecule has 0 aliphatic rings. The number of carbonyl (C=O) groups excluding carboxylic acids is 1. The Morgan fingerprint density at radius 2 is 2.28 bits per heavy atom. The summed E-state index contributed by atoms with van der Waals surface area (Å²) in [6.07, 6.45) is 0. The summed E-state index contributed by atoms with van der Waals surface area (Å²) in [5.41, 5.74) is 5.92. The van der Waals surface area contributed by atoms with Crippen LogP contribution in [0.15, 0.2) is 18.2 Å². The monoisotopic (exact) mass is 253 g/mol. The van der Waals surface area contributed by atoms with E-state index in [9.17, 15) is 14.9 Å². The van der Waals surface area contributed by atoms with Gasteiger partial charge in [0.2, 0.25) is 0 Å². The number of amides is 1. The fraction of sp³-hybridized carbons (Fsp3) is 0.364. The molecule has 1 rings (SSSR count). The maximum absolute atomic E-state index is 11.2. The zero-order valence-corrected chi connectivity index (χ0v) is 10.0. The standard InChI is InChI=1S/C11H15N3O4/c1-2-13-11(15)7-18-10-4-3-9(14(16)17)5-8(10)6-12/h3-5H,2,6-7,12H2,1H3,(H,13,15). The number of benzene rings is 1. The number of nitrogens with two attached hydrogens (primary N) is 1. The largest absolute Gasteiger partial charge is 0.483 e. The molecule has 18 heavy (non-hydrogen) atoms. The number of non-ortho nitro benzene ring substituents is 1. The summed E-state index contributed by atoms with van der Waals surface area (Å²) in [4.78, 5) is 21.3. The first kappa shape index (κ1) is 13.9. The zero-order chi connectivity index (χ0) is 13.5. The Kier molecular flexibility index (Phi) is 5.06. The van der Waals surface area contributed by atoms with Crippen LogP contribution in [0.4, 0.5) is 5.69 Å². The molecule has 0 radical (unpaired) electrons. The van der Waals surface area contributed by atoms with Crippen LogP contribution in [-0.4, -0.2) is 24.0 Å². The van der Waals surface area contributed by atoms with Gasteiger partial charge in [0.25, 0.3) is 11.6 Å². The first-order valence-electron chi connectivity index (χ1n) is 5.45. The number of likely N-dealkylation sites (N-methyl/N-ethyl adjacent to an activating group) is 1. The summed E-state index contributed by atoms with van der Waals surface area (Å²) in [5.74, 6) is 0.133. The molecule has 98 valence electrons. The van der Waals surface area contributed by atoms with Gasteiger partial charge in [0.05, 0.1) is 4.92 Å². The molecule has 1 aromatic carbocycles. The van der Waals surface area contributed by atoms with Crippen molar-refractivity contribution in [1.29, 1.82) is 0 Å². The quantitative estimate of drug-likeness (QED) is 0.569. The third kappa shape index (κ3) is 3.70. The Bertz CT molecular complexity index is 448. The molecule has 1 aromatic rings. The lowest BCUT2D eigenvalue weighted by Gasteiger charge is -2.09. The van der Waals surface area contributed by atoms with E-state index in [1.54, 1.807) is 6.92 Å². The highest BCUT2D eigenvalue weighted by Gasteiger charge is 2.11. The number of nitro groups is 1. The second kappa shape index (κ2) is 6.55. The average Bonchev–Trinajstić information content (AvgIpc) is 2.36. The second-order valence-corrected chi connectivity index (χ2v) is 3.50. The average molecular weight is 253 g/mol. The Morgan fingerprint density at radius 1 is 1.56 bits per heavy atom. The molecular weight excluding hydrogens is 238 g/mol. The Balaban J connectivity index is 2.76. The SMILES string of the molecule is CCNC(=O)COc1ccc([N+](=O)[O-])cc1CN. The Labute approximate surface area is 104 Å². The first-order chi connectivity index (χ1) is 8.58. The zero-order valence-electron chi connectivity index (χ0n) is 10.0. The number of ether oxygens (including phenoxy) is 1. The van der Waals surface area contributed by atoms with Gasteiger partial charge in [0.1, 0.15) is 5.75 Å². The fourth-order valence-corrected chi connectivity index (χ4v) is 1.37. The predicted octanol–water partition coefficient (Wildman–Crippen LogP) is 0.568. The highest BCUT2D eigenvalue weighted by molar-refractivity contribution is 5.77. The van der Waals surface area contributed by atoms with Crippen LogP contribution in [0.3, 0.4) is 0 Å². The number of carbonyl (C=O) groups is 1. The van der Waals surface area contributed by atoms with E-state index in [1.165, 1.54) is 18.2 Å². The number of rotatable bonds is 6. The van der Waals surface area contributed by atoms with Crippen molar-refractivity contribution in [2.24, 2.45) is 5.73 Å². The minimum Gasteiger partial charge on any atom is -0.483 e. The lowest BCUT2D eigenvalue weighted by molar-refractivity contribution is -0.384. The lowest BCUT2D eigenvalue weighted by Crippen LogP contribution is -2.28. The minimum atomic E-state index is -0.507. The molecule has 0 bridgehead atoms. The van der Waals surface area contributed by atoms with Crippen molar-refractivity contribution in [1.82, 2.24) is 5.32 Å². The molecule has 0 saturated carbocycles. The maximum Gasteiger partial charge on any atom is 0.270 e. The number of nitrogens with one attached hydrogen (secondary N) is 1. The highest BCUT2D eigenvalue weighted by atomic mass is 16.6. The number of nitro benzene ring substituents is 1. The molecular formula is C11H15N3O4. The molecule has 0 atom stereocenters. The van der Waals surface area contributed by atoms with E-state index >= 15 is 0 Å². The van der Waals surface area contributed by atoms with E-state index in [1.807, 2.05) is 0 Å². The van der Waals surface area contributed by atoms with Crippen molar-refractivity contribution in [2.75, 3.05) is 13.2 Å². The van der Waals surface area contributed by atoms with Crippen LogP contribution in [0.1, 0.15) is 12.5 Å². The van der Waals surface area contributed by atoms with Gasteiger partial charge < -0.3 is 15.8 Å². The van der Waals surface area contributed by atoms with E-state index in [0.29, 0.717) is 17.9 Å². The van der Waals surface area contributed by atoms with Gasteiger partial charge in [-0.1, -0.05) is 0 Å². The minimum absolute atomic E-state index is 0.0548. The van der Waals surface area contributed by atoms with Crippen molar-refractivity contribution >= 4 is 11.6 Å². The molecule has 0 aliphatic heterocycles. The topological polar surface area (TPSA) is 107 Å². The molecule has 0 unspecified atom stereocenters. The van der Waals surface area contributed by atoms with Crippen LogP contribution in [0.2, 0.25) is 0 Å². The smallest absolute Gasteiger partial charge is 0.270 e. The molecule has 0 spiro atoms. The lowest BCUT2D eigenvalue weighted by atomic mass is 10.2. The van der Waals surface area contributed by atoms with Crippen molar-refractivity contribution in [2.45, 2.75) is 13.5 Å². The summed E-state index contributed by atoms with van der Waals surface area (Å²) >= 11 is 0. The van der Waals surface area contributed by atoms with Gasteiger partial charge in [-0.15, -0.1) is 0 Å². The van der Waals surface area contributed by atoms with E-state index in [0.717, 1.165) is 0 Å². The van der Waals surface area contributed by atoms with Gasteiger partial charge in [-0.3, -0.25) is 14.9 Å². The van der Waals surface area contributed by atoms with Crippen LogP contribution < -0.4 is 15.8 Å². The van der Waals surface area contributed by atoms with E-state index in [-0.39, 0.29) is 24.7 Å². The van der Waals surface area contributed by atoms with Gasteiger partial charge in [-0.05, 0) is 13.0 Å². The molecule has 7 nitrogen and oxygen atoms in total. The van der Waals surface area contributed by atoms with Gasteiger partial charge >= 0.3 is 0 Å². The molecule has 0 fully saturated rings. The maximum atomic E-state index is 11.2. The summed E-state index contributed by atoms with van der Waals surface area (Å²) in [6, 6.07) is 4.10. The molecule has 1 amide bonds. The third-order valence-electron chi connectivity index (χ3n) is 2.21. The van der Waals surface area contributed by atoms with Crippen molar-refractivity contribution in [3.8, 4) is 5.75 Å². The van der Waals surface area contributed by atoms with Crippen molar-refractivity contribution in [3.63, 3.8) is 0 Å². The fourth-order valence-electron chi connectivity index (χ4n) is 1.37. The first-order valence-corrected chi connectivity index (χ1v) is 5.45. The van der Waals surface area contributed by atoms with Crippen LogP contribution in [0.5, 0.6) is 5.75 Å². The van der Waals surface area contributed by atoms with Gasteiger partial charge in [-0.2, -0.15) is 0 Å². The molecule has 3 N–H and O–H groups in total. The number of nitrogens with zero attached hydrogens (tertiary/aromatic N) is 1. The molecule has 0 aromatic heterocycles. The van der Waals surface area contributed by atoms with Crippen LogP contribution in [0, 0.1) is 10.1 Å². The van der Waals surface area contributed by atoms with Crippen molar-refractivity contribution < 1.29 is 14.5 Å². The second-order valence-electron chi connectivity index (χ2n) is 3.50. The molecule has 0 heterocycles. The summed E-state index contributed by atoms with van der Waals surface area (Å²) in [7, 11) is 0. The van der Waals surface area contributed by atoms with E-state index < -0.39 is 4.92 Å². The molecule has 0 aliphatic carbocycles. The molecule has 0 saturated heterocycles. The van der Waals surface area contributed by atoms with E-state index in [2.05, 4.69) is 5.32 Å². The number of hydrogen-bond acceptors (Lipinski definition) is 5. The molecule has 7 heteroatoms. The van der Waals surface area contributed by atoms with Gasteiger partial charge in [0, 0.05) is 30.8 Å². The number of hydrogen-bond donors (Lipinski definition) is 2. The van der Waals surface area contributed by atoms with Crippen LogP contribution >= 0.6 is 0 Å². The summed E-state index contributed by atoms with van der Waals surface area (Å²) in [5, 5.41) is 13.2. The summed E-state index contributed by atoms with van der Waals surface area (Å²) in [6.45, 7) is 2.28. The summed E-state index contributed by atoms with van der Waals surface area (Å²) < 4.78 is 5.26. The normalized spacial score (nSPS) is 9.89. The predicted molar refractivity (Wildman–Crippen MR) is 65.2 cm³/mol. The van der Waals surface area contributed by atoms with Gasteiger partial charge in [-0.25, -0.2) is 0 Å². The highest BCUT2D eigenvalue weighted by Crippen LogP contribution is 2.23. The Hall–Kier alpha value is -2.15. The van der Waals surface area contributed by atoms with E-state index in [4.69, 9.17) is 10.5 Å². The Morgan fingerprint density at radius 3 is 2.83 bits per heavy atom. The van der Waals surface area contributed by atoms with Gasteiger partial charge in [0.15, 0.2) is 6.61 Å². The van der Waals surface area contributed by atoms with Crippen LogP contribution in [0.25, 0.3) is 0 Å². The van der Waals surface area contributed by atoms with Crippen LogP contribution in [-0.2, 0) is 11.3 Å². The van der Waals surface area contributed by atoms with Crippen molar-refractivity contribution in [3.05, 3.63) is 33.9 Å². The third-order valence-corrected chi connectivity index (χ3v) is 2.21.